The van der Waals surface area contributed by atoms with Gasteiger partial charge in [-0.25, -0.2) is 0 Å². The first kappa shape index (κ1) is 16.5. The van der Waals surface area contributed by atoms with Crippen LogP contribution in [0.1, 0.15) is 5.56 Å². The summed E-state index contributed by atoms with van der Waals surface area (Å²) in [5, 5.41) is 1.24. The molecule has 4 aromatic carbocycles. The molecular formula is C26H18O2. The molecule has 0 N–H and O–H groups in total. The average Bonchev–Trinajstić information content (AvgIpc) is 2.75. The van der Waals surface area contributed by atoms with Crippen LogP contribution in [0.15, 0.2) is 100 Å². The Labute approximate surface area is 162 Å². The minimum atomic E-state index is 0.0148. The predicted molar refractivity (Wildman–Crippen MR) is 116 cm³/mol. The van der Waals surface area contributed by atoms with Crippen molar-refractivity contribution >= 4 is 21.9 Å². The highest BCUT2D eigenvalue weighted by molar-refractivity contribution is 5.92. The summed E-state index contributed by atoms with van der Waals surface area (Å²) in [7, 11) is 0. The molecule has 0 bridgehead atoms. The highest BCUT2D eigenvalue weighted by Crippen LogP contribution is 2.29. The van der Waals surface area contributed by atoms with Gasteiger partial charge in [-0.05, 0) is 59.5 Å². The molecule has 5 aromatic rings. The molecule has 0 saturated heterocycles. The lowest BCUT2D eigenvalue weighted by Crippen LogP contribution is -2.02. The molecule has 0 spiro atoms. The quantitative estimate of drug-likeness (QED) is 0.332. The monoisotopic (exact) mass is 362 g/mol. The zero-order valence-electron chi connectivity index (χ0n) is 15.5. The summed E-state index contributed by atoms with van der Waals surface area (Å²) in [6, 6.07) is 30.2. The van der Waals surface area contributed by atoms with Crippen LogP contribution in [0.2, 0.25) is 0 Å². The van der Waals surface area contributed by atoms with Gasteiger partial charge in [-0.2, -0.15) is 0 Å². The molecular weight excluding hydrogens is 344 g/mol. The Kier molecular flexibility index (Phi) is 3.84. The van der Waals surface area contributed by atoms with E-state index in [1.54, 1.807) is 0 Å². The second-order valence-corrected chi connectivity index (χ2v) is 7.09. The Balaban J connectivity index is 1.69. The van der Waals surface area contributed by atoms with Crippen LogP contribution in [0.3, 0.4) is 0 Å². The van der Waals surface area contributed by atoms with Gasteiger partial charge in [0.15, 0.2) is 0 Å². The maximum Gasteiger partial charge on any atom is 0.200 e. The minimum Gasteiger partial charge on any atom is -0.456 e. The highest BCUT2D eigenvalue weighted by atomic mass is 16.3. The molecule has 0 unspecified atom stereocenters. The van der Waals surface area contributed by atoms with Gasteiger partial charge < -0.3 is 4.42 Å². The molecule has 2 heteroatoms. The molecule has 0 aliphatic heterocycles. The van der Waals surface area contributed by atoms with Gasteiger partial charge in [0, 0.05) is 0 Å². The summed E-state index contributed by atoms with van der Waals surface area (Å²) in [4.78, 5) is 13.1. The van der Waals surface area contributed by atoms with E-state index in [1.165, 1.54) is 5.56 Å². The van der Waals surface area contributed by atoms with E-state index in [-0.39, 0.29) is 5.43 Å². The van der Waals surface area contributed by atoms with Crippen molar-refractivity contribution in [1.82, 2.24) is 0 Å². The normalized spacial score (nSPS) is 11.2. The highest BCUT2D eigenvalue weighted by Gasteiger charge is 2.10. The topological polar surface area (TPSA) is 30.2 Å². The summed E-state index contributed by atoms with van der Waals surface area (Å²) in [5.41, 5.74) is 6.71. The van der Waals surface area contributed by atoms with Crippen molar-refractivity contribution in [2.75, 3.05) is 0 Å². The Morgan fingerprint density at radius 2 is 1.18 bits per heavy atom. The van der Waals surface area contributed by atoms with Crippen LogP contribution in [-0.2, 0) is 0 Å². The molecule has 0 aliphatic rings. The van der Waals surface area contributed by atoms with Crippen LogP contribution in [0.4, 0.5) is 0 Å². The molecule has 5 rings (SSSR count). The predicted octanol–water partition coefficient (Wildman–Crippen LogP) is 6.59. The molecule has 2 nitrogen and oxygen atoms in total. The van der Waals surface area contributed by atoms with Crippen molar-refractivity contribution in [2.24, 2.45) is 0 Å². The second-order valence-electron chi connectivity index (χ2n) is 7.09. The van der Waals surface area contributed by atoms with Gasteiger partial charge in [0.05, 0.1) is 10.8 Å². The second kappa shape index (κ2) is 6.50. The first-order valence-corrected chi connectivity index (χ1v) is 9.32. The van der Waals surface area contributed by atoms with Crippen LogP contribution in [-0.4, -0.2) is 0 Å². The van der Waals surface area contributed by atoms with Crippen molar-refractivity contribution in [2.45, 2.75) is 6.92 Å². The zero-order valence-corrected chi connectivity index (χ0v) is 15.5. The molecule has 0 amide bonds. The number of hydrogen-bond donors (Lipinski definition) is 0. The van der Waals surface area contributed by atoms with Gasteiger partial charge >= 0.3 is 0 Å². The number of hydrogen-bond acceptors (Lipinski definition) is 2. The molecule has 0 saturated carbocycles. The van der Waals surface area contributed by atoms with E-state index < -0.39 is 0 Å². The molecule has 1 aromatic heterocycles. The molecule has 134 valence electrons. The molecule has 0 aliphatic carbocycles. The fourth-order valence-electron chi connectivity index (χ4n) is 3.66. The van der Waals surface area contributed by atoms with E-state index in [2.05, 4.69) is 30.3 Å². The number of rotatable bonds is 2. The van der Waals surface area contributed by atoms with Gasteiger partial charge in [-0.3, -0.25) is 4.79 Å². The lowest BCUT2D eigenvalue weighted by atomic mass is 9.98. The molecule has 28 heavy (non-hydrogen) atoms. The number of fused-ring (bicyclic) bond motifs is 2. The summed E-state index contributed by atoms with van der Waals surface area (Å²) < 4.78 is 5.97. The van der Waals surface area contributed by atoms with Crippen molar-refractivity contribution in [1.29, 1.82) is 0 Å². The Morgan fingerprint density at radius 1 is 0.571 bits per heavy atom. The lowest BCUT2D eigenvalue weighted by molar-refractivity contribution is 0.660. The van der Waals surface area contributed by atoms with Crippen LogP contribution < -0.4 is 5.43 Å². The smallest absolute Gasteiger partial charge is 0.200 e. The third-order valence-electron chi connectivity index (χ3n) is 5.13. The maximum absolute atomic E-state index is 13.1. The number of benzene rings is 4. The van der Waals surface area contributed by atoms with E-state index in [0.29, 0.717) is 21.9 Å². The number of aryl methyl sites for hydroxylation is 1. The summed E-state index contributed by atoms with van der Waals surface area (Å²) in [5.74, 6) is 0. The molecule has 0 atom stereocenters. The maximum atomic E-state index is 13.1. The molecule has 1 heterocycles. The lowest BCUT2D eigenvalue weighted by Gasteiger charge is -2.08. The largest absolute Gasteiger partial charge is 0.456 e. The van der Waals surface area contributed by atoms with Crippen molar-refractivity contribution in [3.05, 3.63) is 107 Å². The first-order valence-electron chi connectivity index (χ1n) is 9.32. The zero-order chi connectivity index (χ0) is 19.1. The van der Waals surface area contributed by atoms with E-state index in [9.17, 15) is 4.79 Å². The fraction of sp³-hybridized carbons (Fsp3) is 0.0385. The van der Waals surface area contributed by atoms with Gasteiger partial charge in [0.25, 0.3) is 0 Å². The third kappa shape index (κ3) is 2.80. The van der Waals surface area contributed by atoms with E-state index >= 15 is 0 Å². The van der Waals surface area contributed by atoms with Crippen LogP contribution in [0, 0.1) is 6.92 Å². The molecule has 0 fully saturated rings. The standard InChI is InChI=1S/C26H18O2/c1-17-10-12-24-22(14-17)26(27)23-16-21(11-13-25(23)28-24)20-9-5-8-19(15-20)18-6-3-2-4-7-18/h2-16H,1H3. The van der Waals surface area contributed by atoms with Gasteiger partial charge in [-0.1, -0.05) is 66.2 Å². The molecule has 0 radical (unpaired) electrons. The summed E-state index contributed by atoms with van der Waals surface area (Å²) >= 11 is 0. The van der Waals surface area contributed by atoms with Gasteiger partial charge in [-0.15, -0.1) is 0 Å². The minimum absolute atomic E-state index is 0.0148. The van der Waals surface area contributed by atoms with Crippen LogP contribution in [0.25, 0.3) is 44.2 Å². The Bertz CT molecular complexity index is 1380. The third-order valence-corrected chi connectivity index (χ3v) is 5.13. The van der Waals surface area contributed by atoms with E-state index in [1.807, 2.05) is 67.6 Å². The van der Waals surface area contributed by atoms with E-state index in [4.69, 9.17) is 4.42 Å². The van der Waals surface area contributed by atoms with Crippen molar-refractivity contribution in [3.8, 4) is 22.3 Å². The van der Waals surface area contributed by atoms with Crippen molar-refractivity contribution in [3.63, 3.8) is 0 Å². The fourth-order valence-corrected chi connectivity index (χ4v) is 3.66. The Morgan fingerprint density at radius 3 is 1.96 bits per heavy atom. The Hall–Kier alpha value is -3.65. The van der Waals surface area contributed by atoms with Crippen molar-refractivity contribution < 1.29 is 4.42 Å². The van der Waals surface area contributed by atoms with E-state index in [0.717, 1.165) is 22.3 Å². The van der Waals surface area contributed by atoms with Gasteiger partial charge in [0.2, 0.25) is 5.43 Å². The van der Waals surface area contributed by atoms with Crippen LogP contribution >= 0.6 is 0 Å². The van der Waals surface area contributed by atoms with Gasteiger partial charge in [0.1, 0.15) is 11.2 Å². The average molecular weight is 362 g/mol. The summed E-state index contributed by atoms with van der Waals surface area (Å²) in [6.07, 6.45) is 0. The SMILES string of the molecule is Cc1ccc2oc3ccc(-c4cccc(-c5ccccc5)c4)cc3c(=O)c2c1. The first-order chi connectivity index (χ1) is 13.7. The summed E-state index contributed by atoms with van der Waals surface area (Å²) in [6.45, 7) is 1.98. The van der Waals surface area contributed by atoms with Crippen LogP contribution in [0.5, 0.6) is 0 Å².